The van der Waals surface area contributed by atoms with Crippen molar-refractivity contribution in [2.24, 2.45) is 0 Å². The molecule has 0 radical (unpaired) electrons. The van der Waals surface area contributed by atoms with Crippen LogP contribution in [0.2, 0.25) is 0 Å². The largest absolute Gasteiger partial charge is 0.478 e. The smallest absolute Gasteiger partial charge is 0.335 e. The van der Waals surface area contributed by atoms with Gasteiger partial charge in [0.1, 0.15) is 11.9 Å². The van der Waals surface area contributed by atoms with Gasteiger partial charge in [0.25, 0.3) is 0 Å². The van der Waals surface area contributed by atoms with Crippen LogP contribution >= 0.6 is 0 Å². The lowest BCUT2D eigenvalue weighted by Crippen LogP contribution is -2.40. The number of nitrogens with zero attached hydrogens (tertiary/aromatic N) is 1. The minimum absolute atomic E-state index is 0.0172. The first-order valence-electron chi connectivity index (χ1n) is 12.1. The van der Waals surface area contributed by atoms with Crippen molar-refractivity contribution in [1.82, 2.24) is 4.90 Å². The molecule has 4 rings (SSSR count). The van der Waals surface area contributed by atoms with Gasteiger partial charge < -0.3 is 9.84 Å². The van der Waals surface area contributed by atoms with Crippen molar-refractivity contribution >= 4 is 5.97 Å². The minimum atomic E-state index is -1.11. The molecule has 1 aliphatic heterocycles. The van der Waals surface area contributed by atoms with Crippen LogP contribution in [0.15, 0.2) is 78.9 Å². The molecule has 3 aromatic carbocycles. The van der Waals surface area contributed by atoms with E-state index in [0.717, 1.165) is 56.0 Å². The summed E-state index contributed by atoms with van der Waals surface area (Å²) < 4.78 is 21.5. The van der Waals surface area contributed by atoms with Gasteiger partial charge in [-0.15, -0.1) is 0 Å². The Balaban J connectivity index is 1.46. The van der Waals surface area contributed by atoms with Crippen molar-refractivity contribution < 1.29 is 19.0 Å². The van der Waals surface area contributed by atoms with Gasteiger partial charge in [0, 0.05) is 24.7 Å². The highest BCUT2D eigenvalue weighted by Crippen LogP contribution is 2.34. The number of benzene rings is 3. The molecule has 0 bridgehead atoms. The predicted octanol–water partition coefficient (Wildman–Crippen LogP) is 6.64. The standard InChI is InChI=1S/C29H32FNO3/c1-2-9-27(25-15-14-23(29(32)33)20-26(25)30)31-18-16-24(17-19-31)34-28(21-10-5-3-6-11-21)22-12-7-4-8-13-22/h3-8,10-15,20,24,27-28H,2,9,16-19H2,1H3,(H,32,33). The fourth-order valence-corrected chi connectivity index (χ4v) is 4.86. The van der Waals surface area contributed by atoms with Gasteiger partial charge in [-0.1, -0.05) is 80.1 Å². The Bertz CT molecular complexity index is 1030. The molecule has 1 atom stereocenters. The van der Waals surface area contributed by atoms with Gasteiger partial charge >= 0.3 is 5.97 Å². The summed E-state index contributed by atoms with van der Waals surface area (Å²) >= 11 is 0. The summed E-state index contributed by atoms with van der Waals surface area (Å²) in [5.41, 5.74) is 2.84. The topological polar surface area (TPSA) is 49.8 Å². The second-order valence-corrected chi connectivity index (χ2v) is 8.92. The lowest BCUT2D eigenvalue weighted by molar-refractivity contribution is -0.0345. The number of likely N-dealkylation sites (tertiary alicyclic amines) is 1. The van der Waals surface area contributed by atoms with Crippen molar-refractivity contribution in [1.29, 1.82) is 0 Å². The maximum atomic E-state index is 14.8. The third-order valence-electron chi connectivity index (χ3n) is 6.62. The number of carboxylic acids is 1. The third-order valence-corrected chi connectivity index (χ3v) is 6.62. The van der Waals surface area contributed by atoms with E-state index in [1.165, 1.54) is 6.07 Å². The summed E-state index contributed by atoms with van der Waals surface area (Å²) in [4.78, 5) is 13.5. The van der Waals surface area contributed by atoms with E-state index in [2.05, 4.69) is 36.1 Å². The molecule has 0 saturated carbocycles. The molecule has 1 unspecified atom stereocenters. The van der Waals surface area contributed by atoms with Crippen LogP contribution in [-0.2, 0) is 4.74 Å². The third kappa shape index (κ3) is 5.72. The predicted molar refractivity (Wildman–Crippen MR) is 131 cm³/mol. The first kappa shape index (κ1) is 24.1. The SMILES string of the molecule is CCCC(c1ccc(C(=O)O)cc1F)N1CCC(OC(c2ccccc2)c2ccccc2)CC1. The molecule has 1 saturated heterocycles. The molecule has 1 N–H and O–H groups in total. The lowest BCUT2D eigenvalue weighted by atomic mass is 9.95. The van der Waals surface area contributed by atoms with Crippen LogP contribution in [0.3, 0.4) is 0 Å². The van der Waals surface area contributed by atoms with E-state index in [-0.39, 0.29) is 23.8 Å². The van der Waals surface area contributed by atoms with Crippen LogP contribution < -0.4 is 0 Å². The Morgan fingerprint density at radius 1 is 1.00 bits per heavy atom. The maximum absolute atomic E-state index is 14.8. The van der Waals surface area contributed by atoms with Gasteiger partial charge in [-0.3, -0.25) is 4.90 Å². The molecule has 0 aromatic heterocycles. The maximum Gasteiger partial charge on any atom is 0.335 e. The molecule has 3 aromatic rings. The number of rotatable bonds is 9. The van der Waals surface area contributed by atoms with Gasteiger partial charge in [-0.2, -0.15) is 0 Å². The van der Waals surface area contributed by atoms with E-state index in [4.69, 9.17) is 9.84 Å². The molecular formula is C29H32FNO3. The van der Waals surface area contributed by atoms with Gasteiger partial charge in [-0.25, -0.2) is 9.18 Å². The summed E-state index contributed by atoms with van der Waals surface area (Å²) in [5, 5.41) is 9.17. The average molecular weight is 462 g/mol. The summed E-state index contributed by atoms with van der Waals surface area (Å²) in [5.74, 6) is -1.55. The van der Waals surface area contributed by atoms with Crippen LogP contribution in [0.4, 0.5) is 4.39 Å². The summed E-state index contributed by atoms with van der Waals surface area (Å²) in [6.07, 6.45) is 3.47. The number of hydrogen-bond donors (Lipinski definition) is 1. The zero-order valence-corrected chi connectivity index (χ0v) is 19.6. The molecule has 1 aliphatic rings. The van der Waals surface area contributed by atoms with E-state index in [9.17, 15) is 9.18 Å². The van der Waals surface area contributed by atoms with Crippen LogP contribution in [0.5, 0.6) is 0 Å². The Kier molecular flexibility index (Phi) is 8.09. The van der Waals surface area contributed by atoms with E-state index >= 15 is 0 Å². The number of carbonyl (C=O) groups is 1. The van der Waals surface area contributed by atoms with Crippen LogP contribution in [0.25, 0.3) is 0 Å². The first-order chi connectivity index (χ1) is 16.6. The Morgan fingerprint density at radius 2 is 1.59 bits per heavy atom. The van der Waals surface area contributed by atoms with Crippen molar-refractivity contribution in [3.63, 3.8) is 0 Å². The highest BCUT2D eigenvalue weighted by atomic mass is 19.1. The Labute approximate surface area is 201 Å². The summed E-state index contributed by atoms with van der Waals surface area (Å²) in [6, 6.07) is 24.8. The Hall–Kier alpha value is -3.02. The molecule has 0 spiro atoms. The van der Waals surface area contributed by atoms with E-state index in [1.807, 2.05) is 36.4 Å². The van der Waals surface area contributed by atoms with Gasteiger partial charge in [0.05, 0.1) is 11.7 Å². The zero-order chi connectivity index (χ0) is 23.9. The number of piperidine rings is 1. The molecular weight excluding hydrogens is 429 g/mol. The second kappa shape index (κ2) is 11.4. The van der Waals surface area contributed by atoms with Crippen LogP contribution in [0, 0.1) is 5.82 Å². The summed E-state index contributed by atoms with van der Waals surface area (Å²) in [6.45, 7) is 3.72. The van der Waals surface area contributed by atoms with E-state index in [0.29, 0.717) is 5.56 Å². The molecule has 0 aliphatic carbocycles. The summed E-state index contributed by atoms with van der Waals surface area (Å²) in [7, 11) is 0. The van der Waals surface area contributed by atoms with Crippen LogP contribution in [0.1, 0.15) is 71.8 Å². The normalized spacial score (nSPS) is 16.0. The highest BCUT2D eigenvalue weighted by Gasteiger charge is 2.30. The zero-order valence-electron chi connectivity index (χ0n) is 19.6. The van der Waals surface area contributed by atoms with E-state index < -0.39 is 11.8 Å². The fourth-order valence-electron chi connectivity index (χ4n) is 4.86. The Morgan fingerprint density at radius 3 is 2.09 bits per heavy atom. The molecule has 5 heteroatoms. The average Bonchev–Trinajstić information content (AvgIpc) is 2.87. The van der Waals surface area contributed by atoms with E-state index in [1.54, 1.807) is 6.07 Å². The fraction of sp³-hybridized carbons (Fsp3) is 0.345. The second-order valence-electron chi connectivity index (χ2n) is 8.92. The highest BCUT2D eigenvalue weighted by molar-refractivity contribution is 5.87. The van der Waals surface area contributed by atoms with Crippen molar-refractivity contribution in [3.8, 4) is 0 Å². The number of carboxylic acid groups (broad SMARTS) is 1. The molecule has 178 valence electrons. The van der Waals surface area contributed by atoms with Gasteiger partial charge in [-0.05, 0) is 42.5 Å². The number of ether oxygens (including phenoxy) is 1. The monoisotopic (exact) mass is 461 g/mol. The lowest BCUT2D eigenvalue weighted by Gasteiger charge is -2.39. The molecule has 4 nitrogen and oxygen atoms in total. The molecule has 34 heavy (non-hydrogen) atoms. The van der Waals surface area contributed by atoms with Gasteiger partial charge in [0.15, 0.2) is 0 Å². The van der Waals surface area contributed by atoms with Crippen molar-refractivity contribution in [2.75, 3.05) is 13.1 Å². The number of hydrogen-bond acceptors (Lipinski definition) is 3. The number of halogens is 1. The molecule has 1 heterocycles. The molecule has 1 fully saturated rings. The first-order valence-corrected chi connectivity index (χ1v) is 12.1. The number of aromatic carboxylic acids is 1. The van der Waals surface area contributed by atoms with Crippen molar-refractivity contribution in [3.05, 3.63) is 107 Å². The minimum Gasteiger partial charge on any atom is -0.478 e. The quantitative estimate of drug-likeness (QED) is 0.388. The van der Waals surface area contributed by atoms with Crippen LogP contribution in [-0.4, -0.2) is 35.2 Å². The van der Waals surface area contributed by atoms with Crippen molar-refractivity contribution in [2.45, 2.75) is 50.9 Å². The molecule has 0 amide bonds. The van der Waals surface area contributed by atoms with Gasteiger partial charge in [0.2, 0.25) is 0 Å².